The van der Waals surface area contributed by atoms with Crippen LogP contribution in [-0.2, 0) is 12.7 Å². The van der Waals surface area contributed by atoms with E-state index in [0.717, 1.165) is 6.20 Å². The van der Waals surface area contributed by atoms with Crippen LogP contribution in [0.2, 0.25) is 0 Å². The fraction of sp³-hybridized carbons (Fsp3) is 0.273. The number of rotatable bonds is 2. The highest BCUT2D eigenvalue weighted by Crippen LogP contribution is 2.31. The maximum atomic E-state index is 12.7. The summed E-state index contributed by atoms with van der Waals surface area (Å²) in [5, 5.41) is 0.616. The Kier molecular flexibility index (Phi) is 2.63. The second kappa shape index (κ2) is 3.83. The molecule has 0 spiro atoms. The van der Waals surface area contributed by atoms with Gasteiger partial charge in [0.25, 0.3) is 0 Å². The van der Waals surface area contributed by atoms with E-state index in [0.29, 0.717) is 28.5 Å². The average Bonchev–Trinajstić information content (AvgIpc) is 2.58. The van der Waals surface area contributed by atoms with Crippen molar-refractivity contribution >= 4 is 10.9 Å². The molecule has 2 rings (SSSR count). The highest BCUT2D eigenvalue weighted by atomic mass is 19.4. The van der Waals surface area contributed by atoms with Gasteiger partial charge in [-0.2, -0.15) is 0 Å². The van der Waals surface area contributed by atoms with Gasteiger partial charge in [0.2, 0.25) is 0 Å². The Labute approximate surface area is 90.5 Å². The molecule has 0 aliphatic heterocycles. The molecule has 1 heterocycles. The largest absolute Gasteiger partial charge is 0.488 e. The molecule has 0 bridgehead atoms. The quantitative estimate of drug-likeness (QED) is 0.841. The minimum absolute atomic E-state index is 0.179. The lowest BCUT2D eigenvalue weighted by atomic mass is 10.1. The van der Waals surface area contributed by atoms with Gasteiger partial charge in [-0.1, -0.05) is 18.2 Å². The lowest BCUT2D eigenvalue weighted by Crippen LogP contribution is -2.15. The average molecular weight is 228 g/mol. The summed E-state index contributed by atoms with van der Waals surface area (Å²) in [6.07, 6.45) is -2.81. The van der Waals surface area contributed by atoms with Crippen molar-refractivity contribution in [2.24, 2.45) is 5.73 Å². The van der Waals surface area contributed by atoms with Crippen molar-refractivity contribution in [2.75, 3.05) is 6.54 Å². The normalized spacial score (nSPS) is 12.2. The van der Waals surface area contributed by atoms with Crippen LogP contribution in [0.25, 0.3) is 10.9 Å². The molecule has 2 nitrogen and oxygen atoms in total. The third-order valence-electron chi connectivity index (χ3n) is 2.48. The summed E-state index contributed by atoms with van der Waals surface area (Å²) >= 11 is 0. The summed E-state index contributed by atoms with van der Waals surface area (Å²) in [7, 11) is 0. The maximum absolute atomic E-state index is 12.7. The highest BCUT2D eigenvalue weighted by Gasteiger charge is 2.32. The Morgan fingerprint density at radius 1 is 1.19 bits per heavy atom. The Bertz CT molecular complexity index is 499. The smallest absolute Gasteiger partial charge is 0.330 e. The van der Waals surface area contributed by atoms with Gasteiger partial charge in [-0.3, -0.25) is 4.57 Å². The third kappa shape index (κ3) is 1.78. The fourth-order valence-corrected chi connectivity index (χ4v) is 1.81. The molecule has 0 fully saturated rings. The third-order valence-corrected chi connectivity index (χ3v) is 2.48. The molecule has 2 N–H and O–H groups in total. The van der Waals surface area contributed by atoms with Gasteiger partial charge in [0, 0.05) is 11.6 Å². The van der Waals surface area contributed by atoms with E-state index in [1.54, 1.807) is 18.2 Å². The Balaban J connectivity index is 2.67. The van der Waals surface area contributed by atoms with E-state index in [2.05, 4.69) is 0 Å². The molecule has 1 aromatic heterocycles. The standard InChI is InChI=1S/C11H11F3N2/c12-11(13,14)16-7-8(5-6-15)9-3-1-2-4-10(9)16/h1-4,7H,5-6,15H2. The number of alkyl halides is 3. The minimum atomic E-state index is -4.38. The van der Waals surface area contributed by atoms with E-state index in [-0.39, 0.29) is 5.52 Å². The first-order valence-corrected chi connectivity index (χ1v) is 4.90. The minimum Gasteiger partial charge on any atom is -0.330 e. The first-order chi connectivity index (χ1) is 7.54. The van der Waals surface area contributed by atoms with E-state index in [9.17, 15) is 13.2 Å². The number of fused-ring (bicyclic) bond motifs is 1. The number of halogens is 3. The predicted octanol–water partition coefficient (Wildman–Crippen LogP) is 2.62. The Hall–Kier alpha value is -1.49. The van der Waals surface area contributed by atoms with E-state index in [4.69, 9.17) is 5.73 Å². The molecule has 86 valence electrons. The fourth-order valence-electron chi connectivity index (χ4n) is 1.81. The first kappa shape index (κ1) is 11.0. The molecular formula is C11H11F3N2. The van der Waals surface area contributed by atoms with Crippen molar-refractivity contribution < 1.29 is 13.2 Å². The molecule has 1 aromatic carbocycles. The molecule has 0 radical (unpaired) electrons. The summed E-state index contributed by atoms with van der Waals surface area (Å²) < 4.78 is 38.5. The summed E-state index contributed by atoms with van der Waals surface area (Å²) in [4.78, 5) is 0. The number of hydrogen-bond donors (Lipinski definition) is 1. The van der Waals surface area contributed by atoms with Crippen molar-refractivity contribution in [3.8, 4) is 0 Å². The van der Waals surface area contributed by atoms with Gasteiger partial charge in [0.15, 0.2) is 0 Å². The summed E-state index contributed by atoms with van der Waals surface area (Å²) in [6.45, 7) is 0.339. The van der Waals surface area contributed by atoms with E-state index < -0.39 is 6.30 Å². The lowest BCUT2D eigenvalue weighted by Gasteiger charge is -2.08. The van der Waals surface area contributed by atoms with Gasteiger partial charge in [-0.25, -0.2) is 0 Å². The molecule has 5 heteroatoms. The van der Waals surface area contributed by atoms with E-state index in [1.165, 1.54) is 6.07 Å². The molecule has 0 unspecified atom stereocenters. The molecule has 0 aliphatic rings. The van der Waals surface area contributed by atoms with Crippen LogP contribution in [0.15, 0.2) is 30.5 Å². The van der Waals surface area contributed by atoms with Crippen molar-refractivity contribution in [2.45, 2.75) is 12.7 Å². The van der Waals surface area contributed by atoms with Crippen molar-refractivity contribution in [3.63, 3.8) is 0 Å². The van der Waals surface area contributed by atoms with Gasteiger partial charge >= 0.3 is 6.30 Å². The summed E-state index contributed by atoms with van der Waals surface area (Å²) in [6, 6.07) is 6.46. The predicted molar refractivity (Wildman–Crippen MR) is 56.0 cm³/mol. The van der Waals surface area contributed by atoms with Crippen LogP contribution in [0.4, 0.5) is 13.2 Å². The second-order valence-corrected chi connectivity index (χ2v) is 3.55. The Morgan fingerprint density at radius 2 is 1.88 bits per heavy atom. The van der Waals surface area contributed by atoms with Crippen LogP contribution in [0.5, 0.6) is 0 Å². The number of nitrogens with two attached hydrogens (primary N) is 1. The van der Waals surface area contributed by atoms with Gasteiger partial charge in [-0.15, -0.1) is 13.2 Å². The number of para-hydroxylation sites is 1. The topological polar surface area (TPSA) is 30.9 Å². The Morgan fingerprint density at radius 3 is 2.50 bits per heavy atom. The van der Waals surface area contributed by atoms with Crippen LogP contribution in [-0.4, -0.2) is 11.1 Å². The molecule has 2 aromatic rings. The van der Waals surface area contributed by atoms with Crippen molar-refractivity contribution in [1.82, 2.24) is 4.57 Å². The molecule has 16 heavy (non-hydrogen) atoms. The SMILES string of the molecule is NCCc1cn(C(F)(F)F)c2ccccc12. The number of benzene rings is 1. The summed E-state index contributed by atoms with van der Waals surface area (Å²) in [5.74, 6) is 0. The monoisotopic (exact) mass is 228 g/mol. The van der Waals surface area contributed by atoms with Crippen molar-refractivity contribution in [1.29, 1.82) is 0 Å². The van der Waals surface area contributed by atoms with Crippen LogP contribution in [0, 0.1) is 0 Å². The van der Waals surface area contributed by atoms with Gasteiger partial charge in [0.1, 0.15) is 0 Å². The molecule has 0 saturated carbocycles. The molecular weight excluding hydrogens is 217 g/mol. The number of nitrogens with zero attached hydrogens (tertiary/aromatic N) is 1. The van der Waals surface area contributed by atoms with Gasteiger partial charge in [-0.05, 0) is 24.6 Å². The zero-order valence-electron chi connectivity index (χ0n) is 8.46. The zero-order valence-corrected chi connectivity index (χ0v) is 8.46. The number of aromatic nitrogens is 1. The summed E-state index contributed by atoms with van der Waals surface area (Å²) in [5.41, 5.74) is 6.19. The van der Waals surface area contributed by atoms with Gasteiger partial charge in [0.05, 0.1) is 5.52 Å². The molecule has 0 aliphatic carbocycles. The zero-order chi connectivity index (χ0) is 11.8. The van der Waals surface area contributed by atoms with Crippen LogP contribution < -0.4 is 5.73 Å². The highest BCUT2D eigenvalue weighted by molar-refractivity contribution is 5.84. The lowest BCUT2D eigenvalue weighted by molar-refractivity contribution is -0.200. The van der Waals surface area contributed by atoms with Crippen molar-refractivity contribution in [3.05, 3.63) is 36.0 Å². The molecule has 0 atom stereocenters. The van der Waals surface area contributed by atoms with Crippen LogP contribution >= 0.6 is 0 Å². The van der Waals surface area contributed by atoms with E-state index >= 15 is 0 Å². The maximum Gasteiger partial charge on any atom is 0.488 e. The second-order valence-electron chi connectivity index (χ2n) is 3.55. The van der Waals surface area contributed by atoms with Gasteiger partial charge < -0.3 is 5.73 Å². The molecule has 0 saturated heterocycles. The van der Waals surface area contributed by atoms with Crippen LogP contribution in [0.1, 0.15) is 5.56 Å². The van der Waals surface area contributed by atoms with E-state index in [1.807, 2.05) is 0 Å². The molecule has 0 amide bonds. The first-order valence-electron chi connectivity index (χ1n) is 4.90. The van der Waals surface area contributed by atoms with Crippen LogP contribution in [0.3, 0.4) is 0 Å². The number of hydrogen-bond acceptors (Lipinski definition) is 1.